The molecule has 0 radical (unpaired) electrons. The Hall–Kier alpha value is -4.14. The molecule has 1 aliphatic rings. The number of anilines is 2. The van der Waals surface area contributed by atoms with E-state index in [1.807, 2.05) is 24.3 Å². The summed E-state index contributed by atoms with van der Waals surface area (Å²) in [6, 6.07) is 14.2. The monoisotopic (exact) mass is 479 g/mol. The predicted molar refractivity (Wildman–Crippen MR) is 131 cm³/mol. The second kappa shape index (κ2) is 12.9. The molecule has 9 nitrogen and oxygen atoms in total. The Balaban J connectivity index is 1.54. The minimum atomic E-state index is -0.659. The molecule has 0 unspecified atom stereocenters. The van der Waals surface area contributed by atoms with Gasteiger partial charge in [0.15, 0.2) is 0 Å². The molecule has 0 bridgehead atoms. The van der Waals surface area contributed by atoms with Crippen molar-refractivity contribution in [2.24, 2.45) is 0 Å². The Morgan fingerprint density at radius 2 is 1.69 bits per heavy atom. The molecule has 4 amide bonds. The van der Waals surface area contributed by atoms with Crippen LogP contribution in [-0.2, 0) is 25.5 Å². The fourth-order valence-corrected chi connectivity index (χ4v) is 3.59. The van der Waals surface area contributed by atoms with E-state index < -0.39 is 18.1 Å². The van der Waals surface area contributed by atoms with Gasteiger partial charge in [-0.2, -0.15) is 0 Å². The summed E-state index contributed by atoms with van der Waals surface area (Å²) < 4.78 is 9.80. The molecule has 1 aliphatic heterocycles. The Morgan fingerprint density at radius 3 is 2.46 bits per heavy atom. The lowest BCUT2D eigenvalue weighted by atomic mass is 10.0. The van der Waals surface area contributed by atoms with Crippen molar-refractivity contribution >= 4 is 35.4 Å². The molecule has 0 spiro atoms. The molecule has 2 aromatic carbocycles. The van der Waals surface area contributed by atoms with Crippen molar-refractivity contribution in [3.63, 3.8) is 0 Å². The van der Waals surface area contributed by atoms with E-state index in [-0.39, 0.29) is 19.1 Å². The number of nitrogens with one attached hydrogen (secondary N) is 2. The van der Waals surface area contributed by atoms with Crippen molar-refractivity contribution in [2.45, 2.75) is 32.1 Å². The van der Waals surface area contributed by atoms with Crippen molar-refractivity contribution in [1.29, 1.82) is 0 Å². The average molecular weight is 480 g/mol. The average Bonchev–Trinajstić information content (AvgIpc) is 3.08. The highest BCUT2D eigenvalue weighted by Gasteiger charge is 2.23. The zero-order chi connectivity index (χ0) is 25.0. The van der Waals surface area contributed by atoms with Crippen LogP contribution in [0.1, 0.15) is 36.8 Å². The van der Waals surface area contributed by atoms with Gasteiger partial charge >= 0.3 is 18.1 Å². The first kappa shape index (κ1) is 25.5. The largest absolute Gasteiger partial charge is 0.459 e. The Kier molecular flexibility index (Phi) is 9.41. The summed E-state index contributed by atoms with van der Waals surface area (Å²) in [5.41, 5.74) is 3.03. The molecule has 0 aliphatic carbocycles. The summed E-state index contributed by atoms with van der Waals surface area (Å²) in [5, 5.41) is 5.49. The van der Waals surface area contributed by atoms with Crippen molar-refractivity contribution in [3.05, 3.63) is 72.3 Å². The van der Waals surface area contributed by atoms with Crippen LogP contribution in [0.3, 0.4) is 0 Å². The number of carbonyl (C=O) groups excluding carboxylic acids is 4. The highest BCUT2D eigenvalue weighted by Crippen LogP contribution is 2.21. The highest BCUT2D eigenvalue weighted by molar-refractivity contribution is 6.01. The summed E-state index contributed by atoms with van der Waals surface area (Å²) in [7, 11) is 0. The lowest BCUT2D eigenvalue weighted by Gasteiger charge is -2.19. The number of hydrogen-bond donors (Lipinski definition) is 2. The number of urea groups is 1. The number of nitrogens with zero attached hydrogens (tertiary/aromatic N) is 1. The normalized spacial score (nSPS) is 13.4. The quantitative estimate of drug-likeness (QED) is 0.328. The smallest absolute Gasteiger partial charge is 0.411 e. The summed E-state index contributed by atoms with van der Waals surface area (Å²) in [4.78, 5) is 49.0. The topological polar surface area (TPSA) is 114 Å². The number of amides is 4. The van der Waals surface area contributed by atoms with Crippen LogP contribution in [0.4, 0.5) is 21.0 Å². The lowest BCUT2D eigenvalue weighted by molar-refractivity contribution is -0.138. The van der Waals surface area contributed by atoms with E-state index in [0.717, 1.165) is 36.5 Å². The van der Waals surface area contributed by atoms with E-state index in [0.29, 0.717) is 30.8 Å². The van der Waals surface area contributed by atoms with Crippen LogP contribution in [-0.4, -0.2) is 48.7 Å². The lowest BCUT2D eigenvalue weighted by Crippen LogP contribution is -2.39. The molecule has 35 heavy (non-hydrogen) atoms. The fraction of sp³-hybridized carbons (Fsp3) is 0.308. The number of benzene rings is 2. The third-order valence-electron chi connectivity index (χ3n) is 5.40. The number of para-hydroxylation sites is 1. The van der Waals surface area contributed by atoms with E-state index in [2.05, 4.69) is 17.2 Å². The zero-order valence-electron chi connectivity index (χ0n) is 19.5. The van der Waals surface area contributed by atoms with Gasteiger partial charge in [0.2, 0.25) is 5.91 Å². The van der Waals surface area contributed by atoms with Crippen LogP contribution in [0.5, 0.6) is 0 Å². The third kappa shape index (κ3) is 7.99. The first-order valence-electron chi connectivity index (χ1n) is 11.5. The number of esters is 1. The van der Waals surface area contributed by atoms with Gasteiger partial charge in [-0.25, -0.2) is 14.4 Å². The number of likely N-dealkylation sites (tertiary alicyclic amines) is 1. The van der Waals surface area contributed by atoms with Gasteiger partial charge in [-0.05, 0) is 48.6 Å². The van der Waals surface area contributed by atoms with Gasteiger partial charge in [0.1, 0.15) is 13.2 Å². The van der Waals surface area contributed by atoms with Gasteiger partial charge in [-0.15, -0.1) is 0 Å². The van der Waals surface area contributed by atoms with Gasteiger partial charge in [-0.3, -0.25) is 15.0 Å². The maximum absolute atomic E-state index is 12.5. The number of imide groups is 1. The summed E-state index contributed by atoms with van der Waals surface area (Å²) in [5.74, 6) is -0.725. The summed E-state index contributed by atoms with van der Waals surface area (Å²) >= 11 is 0. The summed E-state index contributed by atoms with van der Waals surface area (Å²) in [6.45, 7) is 3.59. The molecular formula is C26H29N3O6. The Bertz CT molecular complexity index is 1070. The molecule has 3 rings (SSSR count). The summed E-state index contributed by atoms with van der Waals surface area (Å²) in [6.07, 6.45) is 3.89. The second-order valence-corrected chi connectivity index (χ2v) is 7.95. The first-order chi connectivity index (χ1) is 17.0. The van der Waals surface area contributed by atoms with E-state index in [1.54, 1.807) is 24.3 Å². The van der Waals surface area contributed by atoms with E-state index in [1.165, 1.54) is 4.90 Å². The van der Waals surface area contributed by atoms with E-state index in [4.69, 9.17) is 9.47 Å². The SMILES string of the molecule is C=CC(=O)OCCOC(=O)Nc1ccccc1Cc1ccc(NC(=O)N2CCCCCC2=O)cc1. The van der Waals surface area contributed by atoms with Crippen molar-refractivity contribution in [3.8, 4) is 0 Å². The molecule has 0 saturated carbocycles. The van der Waals surface area contributed by atoms with Gasteiger partial charge in [0.25, 0.3) is 0 Å². The van der Waals surface area contributed by atoms with Crippen LogP contribution in [0.25, 0.3) is 0 Å². The van der Waals surface area contributed by atoms with Gasteiger partial charge in [0.05, 0.1) is 0 Å². The maximum atomic E-state index is 12.5. The molecule has 1 saturated heterocycles. The van der Waals surface area contributed by atoms with Crippen LogP contribution in [0.2, 0.25) is 0 Å². The molecule has 0 aromatic heterocycles. The molecule has 0 atom stereocenters. The van der Waals surface area contributed by atoms with Gasteiger partial charge in [0, 0.05) is 30.4 Å². The fourth-order valence-electron chi connectivity index (χ4n) is 3.59. The number of hydrogen-bond acceptors (Lipinski definition) is 6. The molecule has 1 heterocycles. The predicted octanol–water partition coefficient (Wildman–Crippen LogP) is 4.49. The molecule has 9 heteroatoms. The molecule has 184 valence electrons. The van der Waals surface area contributed by atoms with Crippen molar-refractivity contribution < 1.29 is 28.7 Å². The van der Waals surface area contributed by atoms with Crippen LogP contribution in [0.15, 0.2) is 61.2 Å². The molecule has 2 aromatic rings. The van der Waals surface area contributed by atoms with Gasteiger partial charge in [-0.1, -0.05) is 43.3 Å². The maximum Gasteiger partial charge on any atom is 0.411 e. The third-order valence-corrected chi connectivity index (χ3v) is 5.40. The standard InChI is InChI=1S/C26H29N3O6/c1-2-24(31)34-16-17-35-26(33)28-22-9-6-5-8-20(22)18-19-11-13-21(14-12-19)27-25(32)29-15-7-3-4-10-23(29)30/h2,5-6,8-9,11-14H,1,3-4,7,10,15-18H2,(H,27,32)(H,28,33). The first-order valence-corrected chi connectivity index (χ1v) is 11.5. The highest BCUT2D eigenvalue weighted by atomic mass is 16.6. The van der Waals surface area contributed by atoms with Crippen molar-refractivity contribution in [1.82, 2.24) is 4.90 Å². The minimum absolute atomic E-state index is 0.0608. The molecular weight excluding hydrogens is 450 g/mol. The zero-order valence-corrected chi connectivity index (χ0v) is 19.5. The minimum Gasteiger partial charge on any atom is -0.459 e. The van der Waals surface area contributed by atoms with Crippen LogP contribution < -0.4 is 10.6 Å². The van der Waals surface area contributed by atoms with E-state index in [9.17, 15) is 19.2 Å². The van der Waals surface area contributed by atoms with Crippen LogP contribution in [0, 0.1) is 0 Å². The van der Waals surface area contributed by atoms with Crippen molar-refractivity contribution in [2.75, 3.05) is 30.4 Å². The number of ether oxygens (including phenoxy) is 2. The van der Waals surface area contributed by atoms with Crippen LogP contribution >= 0.6 is 0 Å². The van der Waals surface area contributed by atoms with Gasteiger partial charge < -0.3 is 14.8 Å². The second-order valence-electron chi connectivity index (χ2n) is 7.95. The Morgan fingerprint density at radius 1 is 0.943 bits per heavy atom. The molecule has 1 fully saturated rings. The Labute approximate surface area is 204 Å². The molecule has 2 N–H and O–H groups in total. The van der Waals surface area contributed by atoms with E-state index >= 15 is 0 Å². The number of rotatable bonds is 8. The number of carbonyl (C=O) groups is 4.